The van der Waals surface area contributed by atoms with Gasteiger partial charge in [-0.05, 0) is 24.5 Å². The van der Waals surface area contributed by atoms with E-state index >= 15 is 0 Å². The number of amides is 1. The third-order valence-corrected chi connectivity index (χ3v) is 3.38. The number of carbonyl (C=O) groups excluding carboxylic acids is 1. The Kier molecular flexibility index (Phi) is 1.02. The molecule has 4 rings (SSSR count). The number of nitrogens with one attached hydrogen (secondary N) is 1. The summed E-state index contributed by atoms with van der Waals surface area (Å²) in [6.45, 7) is 0. The molecule has 1 aromatic carbocycles. The van der Waals surface area contributed by atoms with Crippen molar-refractivity contribution in [2.24, 2.45) is 0 Å². The fourth-order valence-electron chi connectivity index (χ4n) is 2.35. The molecule has 2 heterocycles. The monoisotopic (exact) mass is 199 g/mol. The number of hydrogen-bond donors (Lipinski definition) is 1. The van der Waals surface area contributed by atoms with E-state index in [2.05, 4.69) is 16.7 Å². The van der Waals surface area contributed by atoms with Crippen molar-refractivity contribution in [3.05, 3.63) is 23.9 Å². The van der Waals surface area contributed by atoms with Crippen molar-refractivity contribution in [3.63, 3.8) is 0 Å². The molecule has 1 aliphatic heterocycles. The average Bonchev–Trinajstić information content (AvgIpc) is 2.83. The van der Waals surface area contributed by atoms with Crippen molar-refractivity contribution < 1.29 is 9.32 Å². The lowest BCUT2D eigenvalue weighted by atomic mass is 9.97. The summed E-state index contributed by atoms with van der Waals surface area (Å²) in [4.78, 5) is 11.7. The van der Waals surface area contributed by atoms with Crippen molar-refractivity contribution in [3.8, 4) is 0 Å². The molecule has 1 amide bonds. The Morgan fingerprint density at radius 3 is 3.13 bits per heavy atom. The maximum absolute atomic E-state index is 11.7. The molecule has 1 N–H and O–H groups in total. The molecule has 0 atom stereocenters. The van der Waals surface area contributed by atoms with E-state index < -0.39 is 0 Å². The van der Waals surface area contributed by atoms with Crippen molar-refractivity contribution in [1.29, 1.82) is 0 Å². The first kappa shape index (κ1) is 7.45. The van der Waals surface area contributed by atoms with E-state index in [-0.39, 0.29) is 11.3 Å². The van der Waals surface area contributed by atoms with Crippen LogP contribution in [-0.4, -0.2) is 11.1 Å². The first-order chi connectivity index (χ1) is 7.29. The first-order valence-corrected chi connectivity index (χ1v) is 4.93. The molecule has 15 heavy (non-hydrogen) atoms. The minimum atomic E-state index is -0.241. The highest BCUT2D eigenvalue weighted by Crippen LogP contribution is 2.55. The summed E-state index contributed by atoms with van der Waals surface area (Å²) < 4.78 is 5.01. The molecule has 1 spiro atoms. The quantitative estimate of drug-likeness (QED) is 0.701. The third kappa shape index (κ3) is 0.741. The molecule has 0 saturated heterocycles. The summed E-state index contributed by atoms with van der Waals surface area (Å²) in [6.07, 6.45) is 4.67. The van der Waals surface area contributed by atoms with Crippen molar-refractivity contribution in [1.82, 2.24) is 5.16 Å². The molecule has 1 aliphatic carbocycles. The Morgan fingerprint density at radius 2 is 2.33 bits per heavy atom. The molecule has 1 saturated carbocycles. The fourth-order valence-corrected chi connectivity index (χ4v) is 2.35. The maximum Gasteiger partial charge on any atom is 0.235 e. The molecular formula is C11H7N2O2. The molecule has 2 aromatic rings. The zero-order valence-electron chi connectivity index (χ0n) is 7.83. The van der Waals surface area contributed by atoms with Gasteiger partial charge in [-0.2, -0.15) is 0 Å². The van der Waals surface area contributed by atoms with Crippen LogP contribution in [0.25, 0.3) is 11.0 Å². The number of aromatic nitrogens is 1. The highest BCUT2D eigenvalue weighted by Gasteiger charge is 2.56. The van der Waals surface area contributed by atoms with Crippen molar-refractivity contribution in [2.75, 3.05) is 5.32 Å². The van der Waals surface area contributed by atoms with Crippen molar-refractivity contribution >= 4 is 22.6 Å². The van der Waals surface area contributed by atoms with Crippen LogP contribution in [0.5, 0.6) is 0 Å². The smallest absolute Gasteiger partial charge is 0.235 e. The van der Waals surface area contributed by atoms with Gasteiger partial charge in [0.1, 0.15) is 6.20 Å². The minimum Gasteiger partial charge on any atom is -0.356 e. The number of rotatable bonds is 0. The second-order valence-corrected chi connectivity index (χ2v) is 4.22. The van der Waals surface area contributed by atoms with E-state index in [0.29, 0.717) is 5.58 Å². The summed E-state index contributed by atoms with van der Waals surface area (Å²) in [5, 5.41) is 7.35. The lowest BCUT2D eigenvalue weighted by Gasteiger charge is -2.02. The second kappa shape index (κ2) is 2.05. The number of carbonyl (C=O) groups is 1. The first-order valence-electron chi connectivity index (χ1n) is 4.93. The molecule has 0 unspecified atom stereocenters. The molecular weight excluding hydrogens is 192 g/mol. The van der Waals surface area contributed by atoms with E-state index in [1.165, 1.54) is 0 Å². The van der Waals surface area contributed by atoms with Gasteiger partial charge in [0, 0.05) is 11.8 Å². The summed E-state index contributed by atoms with van der Waals surface area (Å²) in [7, 11) is 0. The molecule has 4 heteroatoms. The summed E-state index contributed by atoms with van der Waals surface area (Å²) >= 11 is 0. The van der Waals surface area contributed by atoms with Gasteiger partial charge >= 0.3 is 0 Å². The van der Waals surface area contributed by atoms with Gasteiger partial charge in [-0.3, -0.25) is 4.79 Å². The average molecular weight is 199 g/mol. The van der Waals surface area contributed by atoms with Gasteiger partial charge in [-0.25, -0.2) is 0 Å². The fraction of sp³-hybridized carbons (Fsp3) is 0.273. The Labute approximate surface area is 85.2 Å². The van der Waals surface area contributed by atoms with Crippen LogP contribution >= 0.6 is 0 Å². The van der Waals surface area contributed by atoms with E-state index in [4.69, 9.17) is 4.52 Å². The summed E-state index contributed by atoms with van der Waals surface area (Å²) in [5.74, 6) is 0.123. The lowest BCUT2D eigenvalue weighted by Crippen LogP contribution is -2.18. The predicted octanol–water partition coefficient (Wildman–Crippen LogP) is 1.61. The van der Waals surface area contributed by atoms with E-state index in [0.717, 1.165) is 29.5 Å². The van der Waals surface area contributed by atoms with Crippen LogP contribution in [0.4, 0.5) is 5.69 Å². The Bertz CT molecular complexity index is 596. The SMILES string of the molecule is O=C1Nc2cc3on[c]c3cc2C12CC2. The molecule has 1 fully saturated rings. The van der Waals surface area contributed by atoms with Crippen molar-refractivity contribution in [2.45, 2.75) is 18.3 Å². The summed E-state index contributed by atoms with van der Waals surface area (Å²) in [6, 6.07) is 3.80. The van der Waals surface area contributed by atoms with Crippen LogP contribution in [0, 0.1) is 6.20 Å². The number of fused-ring (bicyclic) bond motifs is 3. The Balaban J connectivity index is 2.08. The van der Waals surface area contributed by atoms with Gasteiger partial charge in [-0.15, -0.1) is 0 Å². The normalized spacial score (nSPS) is 20.7. The van der Waals surface area contributed by atoms with Gasteiger partial charge in [0.25, 0.3) is 0 Å². The highest BCUT2D eigenvalue weighted by molar-refractivity contribution is 6.10. The van der Waals surface area contributed by atoms with Crippen LogP contribution in [-0.2, 0) is 10.2 Å². The van der Waals surface area contributed by atoms with Gasteiger partial charge < -0.3 is 9.84 Å². The Hall–Kier alpha value is -1.84. The minimum absolute atomic E-state index is 0.123. The number of anilines is 1. The van der Waals surface area contributed by atoms with Gasteiger partial charge in [0.15, 0.2) is 5.58 Å². The van der Waals surface area contributed by atoms with Crippen LogP contribution < -0.4 is 5.32 Å². The van der Waals surface area contributed by atoms with E-state index in [1.807, 2.05) is 12.1 Å². The van der Waals surface area contributed by atoms with Crippen LogP contribution in [0.3, 0.4) is 0 Å². The topological polar surface area (TPSA) is 55.1 Å². The molecule has 1 radical (unpaired) electrons. The second-order valence-electron chi connectivity index (χ2n) is 4.22. The van der Waals surface area contributed by atoms with Crippen LogP contribution in [0.1, 0.15) is 18.4 Å². The molecule has 0 bridgehead atoms. The molecule has 2 aliphatic rings. The van der Waals surface area contributed by atoms with Crippen LogP contribution in [0.2, 0.25) is 0 Å². The predicted molar refractivity (Wildman–Crippen MR) is 52.4 cm³/mol. The largest absolute Gasteiger partial charge is 0.356 e. The number of hydrogen-bond acceptors (Lipinski definition) is 3. The molecule has 1 aromatic heterocycles. The molecule has 73 valence electrons. The Morgan fingerprint density at radius 1 is 1.47 bits per heavy atom. The third-order valence-electron chi connectivity index (χ3n) is 3.38. The standard InChI is InChI=1S/C11H7N2O2/c14-10-11(1-2-11)7-3-6-5-12-15-9(6)4-8(7)13-10/h3-4H,1-2H2,(H,13,14). The highest BCUT2D eigenvalue weighted by atomic mass is 16.5. The van der Waals surface area contributed by atoms with Crippen LogP contribution in [0.15, 0.2) is 16.7 Å². The van der Waals surface area contributed by atoms with Gasteiger partial charge in [-0.1, -0.05) is 5.16 Å². The van der Waals surface area contributed by atoms with E-state index in [9.17, 15) is 4.79 Å². The summed E-state index contributed by atoms with van der Waals surface area (Å²) in [5.41, 5.74) is 2.38. The number of benzene rings is 1. The van der Waals surface area contributed by atoms with Gasteiger partial charge in [0.2, 0.25) is 5.91 Å². The zero-order valence-corrected chi connectivity index (χ0v) is 7.83. The number of nitrogens with zero attached hydrogens (tertiary/aromatic N) is 1. The molecule has 4 nitrogen and oxygen atoms in total. The zero-order chi connectivity index (χ0) is 10.0. The maximum atomic E-state index is 11.7. The lowest BCUT2D eigenvalue weighted by molar-refractivity contribution is -0.117. The van der Waals surface area contributed by atoms with Gasteiger partial charge in [0.05, 0.1) is 10.8 Å². The van der Waals surface area contributed by atoms with E-state index in [1.54, 1.807) is 0 Å².